The van der Waals surface area contributed by atoms with E-state index in [9.17, 15) is 4.39 Å². The molecule has 140 valence electrons. The summed E-state index contributed by atoms with van der Waals surface area (Å²) in [5.41, 5.74) is 4.68. The Balaban J connectivity index is 1.77. The minimum absolute atomic E-state index is 0.277. The second-order valence-electron chi connectivity index (χ2n) is 6.69. The van der Waals surface area contributed by atoms with Crippen molar-refractivity contribution in [3.05, 3.63) is 95.6 Å². The molecule has 4 heteroatoms. The van der Waals surface area contributed by atoms with E-state index in [2.05, 4.69) is 0 Å². The summed E-state index contributed by atoms with van der Waals surface area (Å²) in [5, 5.41) is 0. The average molecular weight is 373 g/mol. The molecule has 0 radical (unpaired) electrons. The van der Waals surface area contributed by atoms with Crippen molar-refractivity contribution in [1.82, 2.24) is 4.98 Å². The molecule has 0 unspecified atom stereocenters. The van der Waals surface area contributed by atoms with E-state index in [4.69, 9.17) is 14.1 Å². The molecule has 0 atom stereocenters. The number of nitrogens with zero attached hydrogens (tertiary/aromatic N) is 1. The van der Waals surface area contributed by atoms with Crippen molar-refractivity contribution in [3.8, 4) is 28.3 Å². The van der Waals surface area contributed by atoms with Crippen LogP contribution in [0.2, 0.25) is 0 Å². The Morgan fingerprint density at radius 1 is 0.929 bits per heavy atom. The van der Waals surface area contributed by atoms with Crippen LogP contribution in [0.4, 0.5) is 4.39 Å². The number of methoxy groups -OCH3 is 1. The number of hydrogen-bond acceptors (Lipinski definition) is 3. The van der Waals surface area contributed by atoms with Crippen molar-refractivity contribution < 1.29 is 13.5 Å². The molecule has 0 spiro atoms. The van der Waals surface area contributed by atoms with Crippen LogP contribution < -0.4 is 4.74 Å². The summed E-state index contributed by atoms with van der Waals surface area (Å²) >= 11 is 0. The summed E-state index contributed by atoms with van der Waals surface area (Å²) in [6.45, 7) is 2.04. The fourth-order valence-electron chi connectivity index (χ4n) is 3.10. The molecule has 4 rings (SSSR count). The molecule has 0 saturated carbocycles. The lowest BCUT2D eigenvalue weighted by molar-refractivity contribution is 0.414. The van der Waals surface area contributed by atoms with Crippen LogP contribution in [0.25, 0.3) is 22.6 Å². The van der Waals surface area contributed by atoms with Crippen LogP contribution in [0.15, 0.2) is 77.2 Å². The molecule has 28 heavy (non-hydrogen) atoms. The Morgan fingerprint density at radius 3 is 2.36 bits per heavy atom. The second-order valence-corrected chi connectivity index (χ2v) is 6.69. The van der Waals surface area contributed by atoms with Gasteiger partial charge in [-0.05, 0) is 48.9 Å². The van der Waals surface area contributed by atoms with Crippen LogP contribution in [-0.4, -0.2) is 12.1 Å². The Bertz CT molecular complexity index is 1020. The first-order chi connectivity index (χ1) is 13.6. The van der Waals surface area contributed by atoms with Crippen molar-refractivity contribution in [2.75, 3.05) is 7.11 Å². The second kappa shape index (κ2) is 7.69. The van der Waals surface area contributed by atoms with Crippen LogP contribution in [0, 0.1) is 12.7 Å². The van der Waals surface area contributed by atoms with E-state index in [1.807, 2.05) is 55.5 Å². The van der Waals surface area contributed by atoms with Crippen LogP contribution in [0.1, 0.15) is 17.0 Å². The molecule has 1 heterocycles. The molecule has 0 amide bonds. The van der Waals surface area contributed by atoms with Gasteiger partial charge in [-0.25, -0.2) is 9.37 Å². The summed E-state index contributed by atoms with van der Waals surface area (Å²) < 4.78 is 24.8. The third-order valence-corrected chi connectivity index (χ3v) is 4.59. The summed E-state index contributed by atoms with van der Waals surface area (Å²) in [4.78, 5) is 4.73. The Labute approximate surface area is 163 Å². The summed E-state index contributed by atoms with van der Waals surface area (Å²) in [5.74, 6) is 1.80. The van der Waals surface area contributed by atoms with E-state index >= 15 is 0 Å². The predicted octanol–water partition coefficient (Wildman–Crippen LogP) is 6.06. The number of aryl methyl sites for hydroxylation is 1. The maximum absolute atomic E-state index is 13.4. The normalized spacial score (nSPS) is 10.8. The van der Waals surface area contributed by atoms with Crippen LogP contribution >= 0.6 is 0 Å². The van der Waals surface area contributed by atoms with Crippen molar-refractivity contribution in [1.29, 1.82) is 0 Å². The quantitative estimate of drug-likeness (QED) is 0.427. The average Bonchev–Trinajstić information content (AvgIpc) is 3.13. The highest BCUT2D eigenvalue weighted by atomic mass is 19.1. The molecule has 0 aliphatic rings. The predicted molar refractivity (Wildman–Crippen MR) is 108 cm³/mol. The third kappa shape index (κ3) is 3.81. The van der Waals surface area contributed by atoms with Gasteiger partial charge in [-0.3, -0.25) is 0 Å². The Hall–Kier alpha value is -3.40. The lowest BCUT2D eigenvalue weighted by Crippen LogP contribution is -1.90. The van der Waals surface area contributed by atoms with Gasteiger partial charge < -0.3 is 9.15 Å². The van der Waals surface area contributed by atoms with Gasteiger partial charge in [0, 0.05) is 17.5 Å². The number of halogens is 1. The molecular weight excluding hydrogens is 353 g/mol. The first kappa shape index (κ1) is 18.0. The Kier molecular flexibility index (Phi) is 4.94. The van der Waals surface area contributed by atoms with Crippen molar-refractivity contribution >= 4 is 0 Å². The van der Waals surface area contributed by atoms with Gasteiger partial charge in [0.05, 0.1) is 7.11 Å². The van der Waals surface area contributed by atoms with Gasteiger partial charge >= 0.3 is 0 Å². The standard InChI is InChI=1S/C24H20FNO2/c1-16-6-8-19(9-7-16)24-23(18-10-12-20(25)13-11-18)26-22(28-24)15-17-4-3-5-21(14-17)27-2/h3-14H,15H2,1-2H3. The first-order valence-corrected chi connectivity index (χ1v) is 9.08. The number of oxazole rings is 1. The number of benzene rings is 3. The minimum atomic E-state index is -0.277. The van der Waals surface area contributed by atoms with Gasteiger partial charge in [-0.15, -0.1) is 0 Å². The molecule has 3 nitrogen and oxygen atoms in total. The Morgan fingerprint density at radius 2 is 1.64 bits per heavy atom. The van der Waals surface area contributed by atoms with Crippen LogP contribution in [0.3, 0.4) is 0 Å². The van der Waals surface area contributed by atoms with Gasteiger partial charge in [-0.1, -0.05) is 42.0 Å². The fraction of sp³-hybridized carbons (Fsp3) is 0.125. The molecule has 3 aromatic carbocycles. The van der Waals surface area contributed by atoms with E-state index < -0.39 is 0 Å². The molecule has 0 aliphatic carbocycles. The summed E-state index contributed by atoms with van der Waals surface area (Å²) in [6, 6.07) is 22.2. The topological polar surface area (TPSA) is 35.3 Å². The third-order valence-electron chi connectivity index (χ3n) is 4.59. The van der Waals surface area contributed by atoms with Gasteiger partial charge in [0.1, 0.15) is 17.3 Å². The molecule has 4 aromatic rings. The molecule has 1 aromatic heterocycles. The monoisotopic (exact) mass is 373 g/mol. The molecule has 0 fully saturated rings. The van der Waals surface area contributed by atoms with Crippen LogP contribution in [-0.2, 0) is 6.42 Å². The van der Waals surface area contributed by atoms with E-state index in [1.54, 1.807) is 19.2 Å². The SMILES string of the molecule is COc1cccc(Cc2nc(-c3ccc(F)cc3)c(-c3ccc(C)cc3)o2)c1. The highest BCUT2D eigenvalue weighted by Gasteiger charge is 2.17. The van der Waals surface area contributed by atoms with Crippen molar-refractivity contribution in [3.63, 3.8) is 0 Å². The minimum Gasteiger partial charge on any atom is -0.497 e. The fourth-order valence-corrected chi connectivity index (χ4v) is 3.10. The lowest BCUT2D eigenvalue weighted by Gasteiger charge is -2.02. The van der Waals surface area contributed by atoms with Gasteiger partial charge in [0.15, 0.2) is 11.7 Å². The zero-order valence-electron chi connectivity index (χ0n) is 15.8. The maximum atomic E-state index is 13.4. The zero-order chi connectivity index (χ0) is 19.5. The van der Waals surface area contributed by atoms with E-state index in [-0.39, 0.29) is 5.82 Å². The van der Waals surface area contributed by atoms with Gasteiger partial charge in [0.2, 0.25) is 0 Å². The molecule has 0 bridgehead atoms. The summed E-state index contributed by atoms with van der Waals surface area (Å²) in [7, 11) is 1.65. The largest absolute Gasteiger partial charge is 0.497 e. The first-order valence-electron chi connectivity index (χ1n) is 9.08. The van der Waals surface area contributed by atoms with E-state index in [0.717, 1.165) is 22.4 Å². The highest BCUT2D eigenvalue weighted by molar-refractivity contribution is 5.77. The van der Waals surface area contributed by atoms with Gasteiger partial charge in [-0.2, -0.15) is 0 Å². The van der Waals surface area contributed by atoms with Gasteiger partial charge in [0.25, 0.3) is 0 Å². The van der Waals surface area contributed by atoms with Crippen molar-refractivity contribution in [2.45, 2.75) is 13.3 Å². The number of aromatic nitrogens is 1. The number of ether oxygens (including phenoxy) is 1. The molecule has 0 aliphatic heterocycles. The number of rotatable bonds is 5. The molecule has 0 saturated heterocycles. The molecule has 0 N–H and O–H groups in total. The lowest BCUT2D eigenvalue weighted by atomic mass is 10.0. The highest BCUT2D eigenvalue weighted by Crippen LogP contribution is 2.33. The number of hydrogen-bond donors (Lipinski definition) is 0. The van der Waals surface area contributed by atoms with Crippen molar-refractivity contribution in [2.24, 2.45) is 0 Å². The summed E-state index contributed by atoms with van der Waals surface area (Å²) in [6.07, 6.45) is 0.539. The molecular formula is C24H20FNO2. The van der Waals surface area contributed by atoms with E-state index in [0.29, 0.717) is 23.8 Å². The van der Waals surface area contributed by atoms with Crippen LogP contribution in [0.5, 0.6) is 5.75 Å². The zero-order valence-corrected chi connectivity index (χ0v) is 15.8. The maximum Gasteiger partial charge on any atom is 0.199 e. The van der Waals surface area contributed by atoms with E-state index in [1.165, 1.54) is 17.7 Å². The smallest absolute Gasteiger partial charge is 0.199 e.